The Morgan fingerprint density at radius 2 is 2.14 bits per heavy atom. The number of aromatic hydroxyl groups is 1. The summed E-state index contributed by atoms with van der Waals surface area (Å²) in [5, 5.41) is 9.09. The van der Waals surface area contributed by atoms with Crippen molar-refractivity contribution in [3.8, 4) is 17.6 Å². The number of benzene rings is 1. The molecule has 0 radical (unpaired) electrons. The van der Waals surface area contributed by atoms with E-state index in [2.05, 4.69) is 11.8 Å². The summed E-state index contributed by atoms with van der Waals surface area (Å²) in [5.41, 5.74) is -0.163. The van der Waals surface area contributed by atoms with Crippen LogP contribution in [0, 0.1) is 23.5 Å². The second kappa shape index (κ2) is 4.38. The lowest BCUT2D eigenvalue weighted by molar-refractivity contribution is -0.107. The van der Waals surface area contributed by atoms with Gasteiger partial charge >= 0.3 is 0 Å². The number of carbonyl (C=O) groups excluding carboxylic acids is 1. The predicted octanol–water partition coefficient (Wildman–Crippen LogP) is 1.61. The van der Waals surface area contributed by atoms with Crippen LogP contribution < -0.4 is 0 Å². The normalized spacial score (nSPS) is 9.00. The molecule has 1 aromatic rings. The van der Waals surface area contributed by atoms with Crippen LogP contribution in [0.5, 0.6) is 5.75 Å². The van der Waals surface area contributed by atoms with Crippen LogP contribution in [-0.4, -0.2) is 11.4 Å². The Labute approximate surface area is 79.2 Å². The first-order valence-corrected chi connectivity index (χ1v) is 3.75. The molecule has 14 heavy (non-hydrogen) atoms. The van der Waals surface area contributed by atoms with Crippen molar-refractivity contribution < 1.29 is 18.7 Å². The van der Waals surface area contributed by atoms with Crippen LogP contribution >= 0.6 is 0 Å². The summed E-state index contributed by atoms with van der Waals surface area (Å²) in [6, 6.07) is 1.45. The Morgan fingerprint density at radius 1 is 1.43 bits per heavy atom. The molecule has 0 unspecified atom stereocenters. The molecule has 0 heterocycles. The number of halogens is 2. The number of rotatable bonds is 1. The number of aldehydes is 1. The van der Waals surface area contributed by atoms with Gasteiger partial charge in [-0.25, -0.2) is 8.78 Å². The summed E-state index contributed by atoms with van der Waals surface area (Å²) < 4.78 is 25.4. The molecule has 0 atom stereocenters. The van der Waals surface area contributed by atoms with Gasteiger partial charge in [-0.2, -0.15) is 0 Å². The van der Waals surface area contributed by atoms with E-state index in [0.717, 1.165) is 6.07 Å². The van der Waals surface area contributed by atoms with Gasteiger partial charge in [0.2, 0.25) is 0 Å². The third-order valence-electron chi connectivity index (χ3n) is 1.44. The molecule has 0 fully saturated rings. The van der Waals surface area contributed by atoms with E-state index in [9.17, 15) is 13.6 Å². The molecule has 1 aromatic carbocycles. The van der Waals surface area contributed by atoms with Crippen molar-refractivity contribution >= 4 is 6.29 Å². The number of phenols is 1. The van der Waals surface area contributed by atoms with Gasteiger partial charge in [-0.15, -0.1) is 0 Å². The Bertz CT molecular complexity index is 416. The fourth-order valence-electron chi connectivity index (χ4n) is 0.849. The molecular formula is C10H6F2O2. The summed E-state index contributed by atoms with van der Waals surface area (Å²) in [6.07, 6.45) is 0.511. The second-order valence-corrected chi connectivity index (χ2v) is 2.46. The van der Waals surface area contributed by atoms with E-state index < -0.39 is 17.4 Å². The van der Waals surface area contributed by atoms with Crippen molar-refractivity contribution in [3.63, 3.8) is 0 Å². The first-order chi connectivity index (χ1) is 6.65. The number of hydrogen-bond acceptors (Lipinski definition) is 2. The zero-order valence-electron chi connectivity index (χ0n) is 7.05. The zero-order chi connectivity index (χ0) is 10.6. The van der Waals surface area contributed by atoms with E-state index in [1.807, 2.05) is 0 Å². The van der Waals surface area contributed by atoms with Crippen LogP contribution in [0.2, 0.25) is 0 Å². The lowest BCUT2D eigenvalue weighted by atomic mass is 10.2. The van der Waals surface area contributed by atoms with Crippen LogP contribution in [0.25, 0.3) is 0 Å². The van der Waals surface area contributed by atoms with E-state index >= 15 is 0 Å². The molecule has 0 saturated carbocycles. The van der Waals surface area contributed by atoms with E-state index in [4.69, 9.17) is 5.11 Å². The van der Waals surface area contributed by atoms with E-state index in [1.165, 1.54) is 0 Å². The van der Waals surface area contributed by atoms with Gasteiger partial charge in [0, 0.05) is 6.07 Å². The van der Waals surface area contributed by atoms with Crippen molar-refractivity contribution in [2.24, 2.45) is 0 Å². The average molecular weight is 196 g/mol. The van der Waals surface area contributed by atoms with Gasteiger partial charge in [0.05, 0.1) is 12.0 Å². The van der Waals surface area contributed by atoms with Crippen LogP contribution in [0.3, 0.4) is 0 Å². The largest absolute Gasteiger partial charge is 0.504 e. The summed E-state index contributed by atoms with van der Waals surface area (Å²) in [5.74, 6) is 2.02. The SMILES string of the molecule is O=CCC#Cc1cc(F)cc(F)c1O. The Hall–Kier alpha value is -1.89. The molecule has 0 aliphatic carbocycles. The number of phenolic OH excluding ortho intramolecular Hbond substituents is 1. The zero-order valence-corrected chi connectivity index (χ0v) is 7.05. The molecule has 2 nitrogen and oxygen atoms in total. The minimum atomic E-state index is -1.07. The molecule has 72 valence electrons. The molecule has 0 bridgehead atoms. The minimum absolute atomic E-state index is 0.0441. The molecule has 1 N–H and O–H groups in total. The van der Waals surface area contributed by atoms with E-state index in [-0.39, 0.29) is 12.0 Å². The molecule has 0 aliphatic heterocycles. The second-order valence-electron chi connectivity index (χ2n) is 2.46. The highest BCUT2D eigenvalue weighted by molar-refractivity contribution is 5.56. The van der Waals surface area contributed by atoms with E-state index in [1.54, 1.807) is 0 Å². The van der Waals surface area contributed by atoms with Crippen LogP contribution in [0.4, 0.5) is 8.78 Å². The van der Waals surface area contributed by atoms with Gasteiger partial charge in [-0.3, -0.25) is 0 Å². The lowest BCUT2D eigenvalue weighted by Gasteiger charge is -1.98. The van der Waals surface area contributed by atoms with Crippen LogP contribution in [0.1, 0.15) is 12.0 Å². The fourth-order valence-corrected chi connectivity index (χ4v) is 0.849. The summed E-state index contributed by atoms with van der Waals surface area (Å²) in [7, 11) is 0. The van der Waals surface area contributed by atoms with Gasteiger partial charge in [-0.05, 0) is 6.07 Å². The minimum Gasteiger partial charge on any atom is -0.504 e. The number of carbonyl (C=O) groups is 1. The molecule has 0 amide bonds. The van der Waals surface area contributed by atoms with Gasteiger partial charge in [0.15, 0.2) is 11.6 Å². The highest BCUT2D eigenvalue weighted by Crippen LogP contribution is 2.21. The Morgan fingerprint density at radius 3 is 2.79 bits per heavy atom. The molecule has 1 rings (SSSR count). The van der Waals surface area contributed by atoms with Crippen LogP contribution in [0.15, 0.2) is 12.1 Å². The van der Waals surface area contributed by atoms with Crippen molar-refractivity contribution in [3.05, 3.63) is 29.3 Å². The van der Waals surface area contributed by atoms with Gasteiger partial charge in [0.25, 0.3) is 0 Å². The molecular weight excluding hydrogens is 190 g/mol. The van der Waals surface area contributed by atoms with Crippen molar-refractivity contribution in [1.82, 2.24) is 0 Å². The van der Waals surface area contributed by atoms with Crippen molar-refractivity contribution in [1.29, 1.82) is 0 Å². The van der Waals surface area contributed by atoms with Crippen molar-refractivity contribution in [2.75, 3.05) is 0 Å². The third-order valence-corrected chi connectivity index (χ3v) is 1.44. The van der Waals surface area contributed by atoms with Gasteiger partial charge in [-0.1, -0.05) is 11.8 Å². The maximum Gasteiger partial charge on any atom is 0.169 e. The quantitative estimate of drug-likeness (QED) is 0.547. The molecule has 4 heteroatoms. The molecule has 0 aromatic heterocycles. The fraction of sp³-hybridized carbons (Fsp3) is 0.100. The van der Waals surface area contributed by atoms with E-state index in [0.29, 0.717) is 12.4 Å². The predicted molar refractivity (Wildman–Crippen MR) is 45.6 cm³/mol. The first kappa shape index (κ1) is 10.2. The monoisotopic (exact) mass is 196 g/mol. The summed E-state index contributed by atoms with van der Waals surface area (Å²) in [4.78, 5) is 9.90. The maximum absolute atomic E-state index is 12.7. The highest BCUT2D eigenvalue weighted by Gasteiger charge is 2.07. The molecule has 0 aliphatic rings. The van der Waals surface area contributed by atoms with Gasteiger partial charge < -0.3 is 9.90 Å². The average Bonchev–Trinajstić information content (AvgIpc) is 2.13. The first-order valence-electron chi connectivity index (χ1n) is 3.75. The van der Waals surface area contributed by atoms with Crippen LogP contribution in [-0.2, 0) is 4.79 Å². The lowest BCUT2D eigenvalue weighted by Crippen LogP contribution is -1.85. The third kappa shape index (κ3) is 2.30. The summed E-state index contributed by atoms with van der Waals surface area (Å²) in [6.45, 7) is 0. The van der Waals surface area contributed by atoms with Crippen molar-refractivity contribution in [2.45, 2.75) is 6.42 Å². The Balaban J connectivity index is 3.09. The van der Waals surface area contributed by atoms with Gasteiger partial charge in [0.1, 0.15) is 12.1 Å². The standard InChI is InChI=1S/C10H6F2O2/c11-8-5-7(3-1-2-4-13)10(14)9(12)6-8/h4-6,14H,2H2. The topological polar surface area (TPSA) is 37.3 Å². The Kier molecular flexibility index (Phi) is 3.19. The summed E-state index contributed by atoms with van der Waals surface area (Å²) >= 11 is 0. The molecule has 0 spiro atoms. The number of hydrogen-bond donors (Lipinski definition) is 1. The highest BCUT2D eigenvalue weighted by atomic mass is 19.1. The smallest absolute Gasteiger partial charge is 0.169 e. The molecule has 0 saturated heterocycles. The maximum atomic E-state index is 12.7.